The lowest BCUT2D eigenvalue weighted by atomic mass is 10.2. The Morgan fingerprint density at radius 2 is 1.90 bits per heavy atom. The van der Waals surface area contributed by atoms with Crippen LogP contribution >= 0.6 is 11.6 Å². The maximum Gasteiger partial charge on any atom is 0.337 e. The fourth-order valence-corrected chi connectivity index (χ4v) is 3.56. The lowest BCUT2D eigenvalue weighted by Crippen LogP contribution is -2.39. The first-order chi connectivity index (χ1) is 9.40. The average molecular weight is 319 g/mol. The van der Waals surface area contributed by atoms with Crippen LogP contribution in [0.25, 0.3) is 0 Å². The van der Waals surface area contributed by atoms with E-state index in [1.54, 1.807) is 0 Å². The van der Waals surface area contributed by atoms with Gasteiger partial charge in [-0.1, -0.05) is 18.0 Å². The predicted octanol–water partition coefficient (Wildman–Crippen LogP) is 2.18. The van der Waals surface area contributed by atoms with Crippen molar-refractivity contribution >= 4 is 33.5 Å². The Labute approximate surface area is 122 Å². The Hall–Kier alpha value is -1.31. The molecule has 1 aliphatic rings. The molecule has 0 aliphatic carbocycles. The van der Waals surface area contributed by atoms with Crippen molar-refractivity contribution in [1.29, 1.82) is 0 Å². The Bertz CT molecular complexity index is 612. The topological polar surface area (TPSA) is 86.7 Å². The van der Waals surface area contributed by atoms with Crippen LogP contribution in [-0.2, 0) is 10.2 Å². The van der Waals surface area contributed by atoms with Gasteiger partial charge in [0.15, 0.2) is 0 Å². The highest BCUT2D eigenvalue weighted by Gasteiger charge is 2.24. The smallest absolute Gasteiger partial charge is 0.337 e. The Kier molecular flexibility index (Phi) is 4.52. The molecule has 0 aromatic heterocycles. The number of halogens is 1. The van der Waals surface area contributed by atoms with Gasteiger partial charge in [-0.2, -0.15) is 12.7 Å². The van der Waals surface area contributed by atoms with Crippen LogP contribution in [-0.4, -0.2) is 36.9 Å². The van der Waals surface area contributed by atoms with E-state index in [-0.39, 0.29) is 16.3 Å². The summed E-state index contributed by atoms with van der Waals surface area (Å²) in [6, 6.07) is 4.02. The van der Waals surface area contributed by atoms with Gasteiger partial charge in [0.05, 0.1) is 16.3 Å². The van der Waals surface area contributed by atoms with E-state index in [1.165, 1.54) is 22.5 Å². The molecular weight excluding hydrogens is 304 g/mol. The lowest BCUT2D eigenvalue weighted by molar-refractivity contribution is 0.0697. The average Bonchev–Trinajstić information content (AvgIpc) is 2.41. The number of aromatic carboxylic acids is 1. The molecule has 6 nitrogen and oxygen atoms in total. The molecule has 110 valence electrons. The van der Waals surface area contributed by atoms with Crippen LogP contribution in [0.15, 0.2) is 18.2 Å². The minimum absolute atomic E-state index is 0.0680. The highest BCUT2D eigenvalue weighted by molar-refractivity contribution is 7.90. The van der Waals surface area contributed by atoms with Gasteiger partial charge in [0.1, 0.15) is 0 Å². The molecule has 0 amide bonds. The first kappa shape index (κ1) is 15.1. The molecule has 0 atom stereocenters. The zero-order chi connectivity index (χ0) is 14.8. The van der Waals surface area contributed by atoms with Crippen LogP contribution in [0.4, 0.5) is 5.69 Å². The molecule has 0 unspecified atom stereocenters. The summed E-state index contributed by atoms with van der Waals surface area (Å²) in [5.74, 6) is -1.20. The lowest BCUT2D eigenvalue weighted by Gasteiger charge is -2.26. The number of carboxylic acid groups (broad SMARTS) is 1. The van der Waals surface area contributed by atoms with Crippen molar-refractivity contribution in [2.75, 3.05) is 17.8 Å². The zero-order valence-electron chi connectivity index (χ0n) is 10.7. The van der Waals surface area contributed by atoms with Gasteiger partial charge >= 0.3 is 16.2 Å². The van der Waals surface area contributed by atoms with Crippen molar-refractivity contribution in [2.24, 2.45) is 0 Å². The van der Waals surface area contributed by atoms with Gasteiger partial charge in [-0.3, -0.25) is 4.72 Å². The van der Waals surface area contributed by atoms with Gasteiger partial charge in [0.2, 0.25) is 0 Å². The number of benzene rings is 1. The van der Waals surface area contributed by atoms with Crippen LogP contribution in [0.1, 0.15) is 29.6 Å². The summed E-state index contributed by atoms with van der Waals surface area (Å²) >= 11 is 5.74. The summed E-state index contributed by atoms with van der Waals surface area (Å²) in [7, 11) is -3.64. The first-order valence-corrected chi connectivity index (χ1v) is 8.03. The monoisotopic (exact) mass is 318 g/mol. The first-order valence-electron chi connectivity index (χ1n) is 6.21. The molecule has 2 rings (SSSR count). The summed E-state index contributed by atoms with van der Waals surface area (Å²) in [5, 5.41) is 9.03. The molecule has 1 aromatic carbocycles. The summed E-state index contributed by atoms with van der Waals surface area (Å²) in [6.07, 6.45) is 2.69. The van der Waals surface area contributed by atoms with E-state index in [9.17, 15) is 13.2 Å². The summed E-state index contributed by atoms with van der Waals surface area (Å²) in [4.78, 5) is 11.0. The Balaban J connectivity index is 2.20. The second-order valence-corrected chi connectivity index (χ2v) is 6.64. The number of anilines is 1. The van der Waals surface area contributed by atoms with Gasteiger partial charge in [-0.25, -0.2) is 4.79 Å². The number of rotatable bonds is 4. The molecule has 0 bridgehead atoms. The van der Waals surface area contributed by atoms with Crippen molar-refractivity contribution < 1.29 is 18.3 Å². The van der Waals surface area contributed by atoms with Gasteiger partial charge in [0.25, 0.3) is 0 Å². The fourth-order valence-electron chi connectivity index (χ4n) is 2.07. The van der Waals surface area contributed by atoms with Gasteiger partial charge in [-0.05, 0) is 31.0 Å². The summed E-state index contributed by atoms with van der Waals surface area (Å²) in [5.41, 5.74) is 0.0582. The number of hydrogen-bond donors (Lipinski definition) is 2. The molecule has 20 heavy (non-hydrogen) atoms. The maximum absolute atomic E-state index is 12.2. The van der Waals surface area contributed by atoms with E-state index >= 15 is 0 Å². The number of carboxylic acids is 1. The van der Waals surface area contributed by atoms with Crippen molar-refractivity contribution in [3.8, 4) is 0 Å². The molecule has 0 saturated carbocycles. The normalized spacial score (nSPS) is 16.9. The number of carbonyl (C=O) groups is 1. The molecule has 2 N–H and O–H groups in total. The van der Waals surface area contributed by atoms with E-state index in [4.69, 9.17) is 16.7 Å². The molecule has 1 aromatic rings. The van der Waals surface area contributed by atoms with Crippen molar-refractivity contribution in [3.63, 3.8) is 0 Å². The van der Waals surface area contributed by atoms with E-state index in [1.807, 2.05) is 0 Å². The van der Waals surface area contributed by atoms with Gasteiger partial charge in [0, 0.05) is 13.1 Å². The third-order valence-electron chi connectivity index (χ3n) is 3.10. The van der Waals surface area contributed by atoms with Crippen LogP contribution in [0, 0.1) is 0 Å². The number of nitrogens with one attached hydrogen (secondary N) is 1. The van der Waals surface area contributed by atoms with Crippen molar-refractivity contribution in [3.05, 3.63) is 28.8 Å². The van der Waals surface area contributed by atoms with Crippen LogP contribution < -0.4 is 4.72 Å². The van der Waals surface area contributed by atoms with E-state index in [0.717, 1.165) is 19.3 Å². The number of nitrogens with zero attached hydrogens (tertiary/aromatic N) is 1. The summed E-state index contributed by atoms with van der Waals surface area (Å²) < 4.78 is 28.1. The zero-order valence-corrected chi connectivity index (χ0v) is 12.2. The van der Waals surface area contributed by atoms with E-state index < -0.39 is 16.2 Å². The SMILES string of the molecule is O=C(O)c1cc(NS(=O)(=O)N2CCCCC2)ccc1Cl. The molecule has 1 heterocycles. The van der Waals surface area contributed by atoms with E-state index in [2.05, 4.69) is 4.72 Å². The van der Waals surface area contributed by atoms with Crippen LogP contribution in [0.2, 0.25) is 5.02 Å². The van der Waals surface area contributed by atoms with Crippen LogP contribution in [0.5, 0.6) is 0 Å². The molecule has 1 fully saturated rings. The standard InChI is InChI=1S/C12H15ClN2O4S/c13-11-5-4-9(8-10(11)12(16)17)14-20(18,19)15-6-2-1-3-7-15/h4-5,8,14H,1-3,6-7H2,(H,16,17). The second kappa shape index (κ2) is 5.99. The predicted molar refractivity (Wildman–Crippen MR) is 76.4 cm³/mol. The van der Waals surface area contributed by atoms with Crippen molar-refractivity contribution in [1.82, 2.24) is 4.31 Å². The van der Waals surface area contributed by atoms with Crippen LogP contribution in [0.3, 0.4) is 0 Å². The van der Waals surface area contributed by atoms with E-state index in [0.29, 0.717) is 13.1 Å². The maximum atomic E-state index is 12.2. The quantitative estimate of drug-likeness (QED) is 0.890. The van der Waals surface area contributed by atoms with Gasteiger partial charge in [-0.15, -0.1) is 0 Å². The molecule has 0 spiro atoms. The third-order valence-corrected chi connectivity index (χ3v) is 4.97. The molecule has 8 heteroatoms. The molecule has 0 radical (unpaired) electrons. The number of piperidine rings is 1. The molecular formula is C12H15ClN2O4S. The minimum Gasteiger partial charge on any atom is -0.478 e. The summed E-state index contributed by atoms with van der Waals surface area (Å²) in [6.45, 7) is 0.962. The fraction of sp³-hybridized carbons (Fsp3) is 0.417. The Morgan fingerprint density at radius 3 is 2.50 bits per heavy atom. The minimum atomic E-state index is -3.64. The van der Waals surface area contributed by atoms with Crippen molar-refractivity contribution in [2.45, 2.75) is 19.3 Å². The number of hydrogen-bond acceptors (Lipinski definition) is 3. The van der Waals surface area contributed by atoms with Gasteiger partial charge < -0.3 is 5.11 Å². The Morgan fingerprint density at radius 1 is 1.25 bits per heavy atom. The second-order valence-electron chi connectivity index (χ2n) is 4.57. The molecule has 1 aliphatic heterocycles. The highest BCUT2D eigenvalue weighted by atomic mass is 35.5. The largest absolute Gasteiger partial charge is 0.478 e. The third kappa shape index (κ3) is 3.41. The molecule has 1 saturated heterocycles. The highest BCUT2D eigenvalue weighted by Crippen LogP contribution is 2.22.